The number of pyridine rings is 1. The average molecular weight is 372 g/mol. The van der Waals surface area contributed by atoms with E-state index < -0.39 is 0 Å². The van der Waals surface area contributed by atoms with E-state index >= 15 is 0 Å². The summed E-state index contributed by atoms with van der Waals surface area (Å²) in [5.41, 5.74) is 5.94. The van der Waals surface area contributed by atoms with Gasteiger partial charge in [0.05, 0.1) is 11.4 Å². The summed E-state index contributed by atoms with van der Waals surface area (Å²) in [4.78, 5) is 9.64. The van der Waals surface area contributed by atoms with Gasteiger partial charge in [0.15, 0.2) is 0 Å². The largest absolute Gasteiger partial charge is 0.396 e. The quantitative estimate of drug-likeness (QED) is 0.809. The van der Waals surface area contributed by atoms with Gasteiger partial charge < -0.3 is 5.11 Å². The van der Waals surface area contributed by atoms with E-state index in [9.17, 15) is 5.11 Å². The van der Waals surface area contributed by atoms with Crippen molar-refractivity contribution in [2.75, 3.05) is 26.2 Å². The van der Waals surface area contributed by atoms with Crippen LogP contribution in [-0.4, -0.2) is 62.0 Å². The molecule has 0 aromatic carbocycles. The van der Waals surface area contributed by atoms with Crippen molar-refractivity contribution < 1.29 is 5.11 Å². The van der Waals surface area contributed by atoms with Crippen LogP contribution in [0.3, 0.4) is 0 Å². The van der Waals surface area contributed by atoms with Crippen LogP contribution in [0.2, 0.25) is 0 Å². The highest BCUT2D eigenvalue weighted by Crippen LogP contribution is 2.21. The Balaban J connectivity index is 1.67. The van der Waals surface area contributed by atoms with Gasteiger partial charge in [0.1, 0.15) is 0 Å². The molecule has 148 valence electrons. The highest BCUT2D eigenvalue weighted by Gasteiger charge is 2.28. The Morgan fingerprint density at radius 2 is 1.96 bits per heavy atom. The molecule has 0 spiro atoms. The molecule has 1 aliphatic heterocycles. The van der Waals surface area contributed by atoms with Crippen molar-refractivity contribution >= 4 is 0 Å². The summed E-state index contributed by atoms with van der Waals surface area (Å²) < 4.78 is 2.09. The van der Waals surface area contributed by atoms with Crippen LogP contribution in [0.1, 0.15) is 41.7 Å². The van der Waals surface area contributed by atoms with E-state index in [4.69, 9.17) is 0 Å². The van der Waals surface area contributed by atoms with Gasteiger partial charge in [0, 0.05) is 68.9 Å². The molecule has 1 N–H and O–H groups in total. The minimum absolute atomic E-state index is 0.224. The van der Waals surface area contributed by atoms with Crippen LogP contribution in [0.5, 0.6) is 0 Å². The predicted molar refractivity (Wildman–Crippen MR) is 108 cm³/mol. The third-order valence-corrected chi connectivity index (χ3v) is 5.67. The number of aromatic nitrogens is 3. The minimum atomic E-state index is 0.224. The number of piperazine rings is 1. The van der Waals surface area contributed by atoms with E-state index in [2.05, 4.69) is 57.5 Å². The normalized spacial score (nSPS) is 18.9. The van der Waals surface area contributed by atoms with Gasteiger partial charge in [0.2, 0.25) is 0 Å². The topological polar surface area (TPSA) is 57.4 Å². The molecule has 1 atom stereocenters. The smallest absolute Gasteiger partial charge is 0.0641 e. The molecule has 0 saturated carbocycles. The zero-order chi connectivity index (χ0) is 19.4. The van der Waals surface area contributed by atoms with Gasteiger partial charge in [-0.2, -0.15) is 5.10 Å². The van der Waals surface area contributed by atoms with E-state index in [0.717, 1.165) is 62.8 Å². The molecule has 3 rings (SSSR count). The summed E-state index contributed by atoms with van der Waals surface area (Å²) in [7, 11) is 0. The number of aliphatic hydroxyl groups is 1. The Bertz CT molecular complexity index is 757. The fourth-order valence-corrected chi connectivity index (χ4v) is 4.12. The molecule has 27 heavy (non-hydrogen) atoms. The fraction of sp³-hybridized carbons (Fsp3) is 0.619. The van der Waals surface area contributed by atoms with Gasteiger partial charge in [-0.1, -0.05) is 6.07 Å². The van der Waals surface area contributed by atoms with Gasteiger partial charge in [-0.15, -0.1) is 0 Å². The van der Waals surface area contributed by atoms with Crippen LogP contribution >= 0.6 is 0 Å². The van der Waals surface area contributed by atoms with Crippen LogP contribution in [0.4, 0.5) is 0 Å². The van der Waals surface area contributed by atoms with Gasteiger partial charge in [-0.05, 0) is 46.2 Å². The molecule has 6 heteroatoms. The zero-order valence-corrected chi connectivity index (χ0v) is 17.1. The molecule has 1 fully saturated rings. The molecule has 2 aromatic rings. The molecule has 1 aliphatic rings. The molecule has 2 aromatic heterocycles. The monoisotopic (exact) mass is 371 g/mol. The van der Waals surface area contributed by atoms with Crippen LogP contribution in [0.15, 0.2) is 18.2 Å². The summed E-state index contributed by atoms with van der Waals surface area (Å²) in [6.45, 7) is 14.4. The highest BCUT2D eigenvalue weighted by molar-refractivity contribution is 5.24. The first kappa shape index (κ1) is 20.0. The molecule has 0 amide bonds. The Hall–Kier alpha value is -1.76. The van der Waals surface area contributed by atoms with Crippen molar-refractivity contribution in [1.29, 1.82) is 0 Å². The molecule has 1 unspecified atom stereocenters. The number of aryl methyl sites for hydroxylation is 3. The van der Waals surface area contributed by atoms with Gasteiger partial charge in [0.25, 0.3) is 0 Å². The summed E-state index contributed by atoms with van der Waals surface area (Å²) in [6, 6.07) is 6.56. The van der Waals surface area contributed by atoms with Crippen molar-refractivity contribution in [2.45, 2.75) is 59.8 Å². The molecule has 0 aliphatic carbocycles. The Kier molecular flexibility index (Phi) is 6.63. The molecule has 3 heterocycles. The second-order valence-corrected chi connectivity index (χ2v) is 7.61. The van der Waals surface area contributed by atoms with E-state index in [1.54, 1.807) is 0 Å². The zero-order valence-electron chi connectivity index (χ0n) is 17.1. The molecular formula is C21H33N5O. The third-order valence-electron chi connectivity index (χ3n) is 5.67. The summed E-state index contributed by atoms with van der Waals surface area (Å²) in [6.07, 6.45) is 0.800. The van der Waals surface area contributed by atoms with Gasteiger partial charge >= 0.3 is 0 Å². The lowest BCUT2D eigenvalue weighted by atomic mass is 10.1. The molecule has 0 bridgehead atoms. The first-order chi connectivity index (χ1) is 13.0. The first-order valence-electron chi connectivity index (χ1n) is 10.0. The van der Waals surface area contributed by atoms with Crippen molar-refractivity contribution in [1.82, 2.24) is 24.6 Å². The second kappa shape index (κ2) is 8.95. The van der Waals surface area contributed by atoms with Crippen LogP contribution in [0, 0.1) is 20.8 Å². The second-order valence-electron chi connectivity index (χ2n) is 7.61. The average Bonchev–Trinajstić information content (AvgIpc) is 2.91. The fourth-order valence-electron chi connectivity index (χ4n) is 4.12. The van der Waals surface area contributed by atoms with Crippen LogP contribution in [-0.2, 0) is 19.6 Å². The van der Waals surface area contributed by atoms with E-state index in [1.807, 2.05) is 13.0 Å². The lowest BCUT2D eigenvalue weighted by Crippen LogP contribution is -2.52. The van der Waals surface area contributed by atoms with Crippen molar-refractivity contribution in [3.8, 4) is 0 Å². The number of aliphatic hydroxyl groups excluding tert-OH is 1. The maximum atomic E-state index is 9.57. The van der Waals surface area contributed by atoms with E-state index in [-0.39, 0.29) is 6.61 Å². The van der Waals surface area contributed by atoms with Crippen LogP contribution in [0.25, 0.3) is 0 Å². The number of rotatable bonds is 7. The summed E-state index contributed by atoms with van der Waals surface area (Å²) >= 11 is 0. The van der Waals surface area contributed by atoms with Gasteiger partial charge in [-0.3, -0.25) is 19.5 Å². The van der Waals surface area contributed by atoms with Gasteiger partial charge in [-0.25, -0.2) is 0 Å². The molecular weight excluding hydrogens is 338 g/mol. The van der Waals surface area contributed by atoms with Crippen molar-refractivity contribution in [3.63, 3.8) is 0 Å². The van der Waals surface area contributed by atoms with Crippen LogP contribution < -0.4 is 0 Å². The number of nitrogens with zero attached hydrogens (tertiary/aromatic N) is 5. The lowest BCUT2D eigenvalue weighted by molar-refractivity contribution is 0.0489. The summed E-state index contributed by atoms with van der Waals surface area (Å²) in [5.74, 6) is 0. The number of hydrogen-bond acceptors (Lipinski definition) is 5. The highest BCUT2D eigenvalue weighted by atomic mass is 16.3. The molecule has 0 radical (unpaired) electrons. The maximum Gasteiger partial charge on any atom is 0.0641 e. The van der Waals surface area contributed by atoms with E-state index in [1.165, 1.54) is 11.3 Å². The summed E-state index contributed by atoms with van der Waals surface area (Å²) in [5, 5.41) is 14.2. The third kappa shape index (κ3) is 4.75. The molecule has 1 saturated heterocycles. The Morgan fingerprint density at radius 1 is 1.15 bits per heavy atom. The standard InChI is InChI=1S/C21H33N5O/c1-5-26-18(4)21(17(3)23-26)15-24-10-11-25(20(14-24)9-12-27)13-19-8-6-7-16(2)22-19/h6-8,20,27H,5,9-15H2,1-4H3. The first-order valence-corrected chi connectivity index (χ1v) is 10.0. The maximum absolute atomic E-state index is 9.57. The Labute approximate surface area is 162 Å². The SMILES string of the molecule is CCn1nc(C)c(CN2CCN(Cc3cccc(C)n3)C(CCO)C2)c1C. The predicted octanol–water partition coefficient (Wildman–Crippen LogP) is 2.29. The molecule has 6 nitrogen and oxygen atoms in total. The van der Waals surface area contributed by atoms with Crippen molar-refractivity contribution in [3.05, 3.63) is 46.5 Å². The van der Waals surface area contributed by atoms with E-state index in [0.29, 0.717) is 6.04 Å². The van der Waals surface area contributed by atoms with Crippen molar-refractivity contribution in [2.24, 2.45) is 0 Å². The number of hydrogen-bond donors (Lipinski definition) is 1. The minimum Gasteiger partial charge on any atom is -0.396 e. The lowest BCUT2D eigenvalue weighted by Gasteiger charge is -2.41. The Morgan fingerprint density at radius 3 is 2.63 bits per heavy atom.